The third-order valence-corrected chi connectivity index (χ3v) is 10.8. The minimum atomic E-state index is -0.592. The van der Waals surface area contributed by atoms with Gasteiger partial charge in [-0.15, -0.1) is 0 Å². The van der Waals surface area contributed by atoms with E-state index in [2.05, 4.69) is 167 Å². The first kappa shape index (κ1) is 63.8. The number of ether oxygens (including phenoxy) is 3. The molecule has 0 heterocycles. The van der Waals surface area contributed by atoms with Crippen molar-refractivity contribution in [3.05, 3.63) is 146 Å². The van der Waals surface area contributed by atoms with Crippen LogP contribution in [0.1, 0.15) is 213 Å². The highest BCUT2D eigenvalue weighted by Crippen LogP contribution is 2.11. The Labute approximate surface area is 419 Å². The molecule has 5 nitrogen and oxygen atoms in total. The van der Waals surface area contributed by atoms with Gasteiger partial charge in [-0.2, -0.15) is 0 Å². The molecule has 382 valence electrons. The van der Waals surface area contributed by atoms with Gasteiger partial charge < -0.3 is 14.2 Å². The number of hydrogen-bond acceptors (Lipinski definition) is 5. The van der Waals surface area contributed by atoms with Crippen LogP contribution in [0, 0.1) is 0 Å². The van der Waals surface area contributed by atoms with Crippen LogP contribution in [0.15, 0.2) is 146 Å². The fourth-order valence-corrected chi connectivity index (χ4v) is 6.84. The average Bonchev–Trinajstić information content (AvgIpc) is 3.34. The number of allylic oxidation sites excluding steroid dienone is 24. The highest BCUT2D eigenvalue weighted by Gasteiger charge is 2.17. The van der Waals surface area contributed by atoms with Gasteiger partial charge in [-0.3, -0.25) is 9.59 Å². The smallest absolute Gasteiger partial charge is 0.306 e. The van der Waals surface area contributed by atoms with E-state index in [0.29, 0.717) is 19.4 Å². The van der Waals surface area contributed by atoms with E-state index >= 15 is 0 Å². The first-order valence-corrected chi connectivity index (χ1v) is 27.4. The van der Waals surface area contributed by atoms with E-state index in [9.17, 15) is 9.59 Å². The van der Waals surface area contributed by atoms with Crippen LogP contribution in [0.2, 0.25) is 0 Å². The number of unbranched alkanes of at least 4 members (excludes halogenated alkanes) is 13. The highest BCUT2D eigenvalue weighted by atomic mass is 16.6. The van der Waals surface area contributed by atoms with Crippen LogP contribution < -0.4 is 0 Å². The summed E-state index contributed by atoms with van der Waals surface area (Å²) in [5.74, 6) is -0.506. The van der Waals surface area contributed by atoms with Crippen molar-refractivity contribution in [3.63, 3.8) is 0 Å². The second-order valence-electron chi connectivity index (χ2n) is 17.4. The summed E-state index contributed by atoms with van der Waals surface area (Å²) in [7, 11) is 0. The molecule has 0 aliphatic carbocycles. The van der Waals surface area contributed by atoms with Gasteiger partial charge in [0.1, 0.15) is 6.61 Å². The topological polar surface area (TPSA) is 61.8 Å². The zero-order valence-electron chi connectivity index (χ0n) is 43.8. The van der Waals surface area contributed by atoms with Gasteiger partial charge in [0.25, 0.3) is 0 Å². The third-order valence-electron chi connectivity index (χ3n) is 10.8. The molecule has 1 unspecified atom stereocenters. The fourth-order valence-electron chi connectivity index (χ4n) is 6.84. The molecule has 0 aliphatic heterocycles. The average molecular weight is 937 g/mol. The van der Waals surface area contributed by atoms with Gasteiger partial charge in [0.2, 0.25) is 0 Å². The predicted octanol–water partition coefficient (Wildman–Crippen LogP) is 18.9. The van der Waals surface area contributed by atoms with Crippen molar-refractivity contribution in [2.24, 2.45) is 0 Å². The van der Waals surface area contributed by atoms with Crippen LogP contribution >= 0.6 is 0 Å². The van der Waals surface area contributed by atoms with Crippen molar-refractivity contribution < 1.29 is 23.8 Å². The van der Waals surface area contributed by atoms with Crippen molar-refractivity contribution >= 4 is 11.9 Å². The molecule has 1 atom stereocenters. The van der Waals surface area contributed by atoms with Gasteiger partial charge in [-0.1, -0.05) is 212 Å². The minimum Gasteiger partial charge on any atom is -0.462 e. The van der Waals surface area contributed by atoms with Gasteiger partial charge in [-0.25, -0.2) is 0 Å². The maximum absolute atomic E-state index is 12.8. The maximum atomic E-state index is 12.8. The summed E-state index contributed by atoms with van der Waals surface area (Å²) in [6.45, 7) is 7.42. The third kappa shape index (κ3) is 54.4. The summed E-state index contributed by atoms with van der Waals surface area (Å²) in [6.07, 6.45) is 82.9. The normalized spacial score (nSPS) is 13.4. The molecule has 68 heavy (non-hydrogen) atoms. The standard InChI is InChI=1S/C63H100O5/c1-4-7-10-13-16-19-22-25-28-30-31-32-34-37-40-43-46-49-52-55-58-66-59-61(68-63(65)57-54-51-48-45-42-39-35-27-24-21-18-15-12-9-6-3)60-67-62(64)56-53-50-47-44-41-38-36-33-29-26-23-20-17-14-11-8-5-2/h7-8,10-11,16-21,25-29,31-32,35-38,40,44,47,61H,4-6,9,12-15,22-24,30,33-34,39,41-43,45-46,48-60H2,1-3H3/b10-7-,11-8-,19-16-,20-17-,21-18-,28-25-,29-26-,32-31-,35-27-,38-36-,40-37-,47-44-. The first-order chi connectivity index (χ1) is 33.6. The zero-order valence-corrected chi connectivity index (χ0v) is 43.8. The SMILES string of the molecule is CC/C=C\C/C=C\C/C=C\C/C=C\C/C=C\CCCCCCOCC(COC(=O)CCC/C=C\C/C=C\C/C=C\C/C=C\C/C=C\CC)OC(=O)CCCCCCC/C=C\C/C=C\CCCCC. The molecule has 0 fully saturated rings. The molecule has 0 spiro atoms. The molecule has 0 saturated carbocycles. The molecule has 0 aromatic rings. The summed E-state index contributed by atoms with van der Waals surface area (Å²) in [5.41, 5.74) is 0. The van der Waals surface area contributed by atoms with Gasteiger partial charge in [0, 0.05) is 19.4 Å². The Bertz CT molecular complexity index is 1480. The molecule has 5 heteroatoms. The molecule has 0 N–H and O–H groups in total. The molecule has 0 aromatic heterocycles. The van der Waals surface area contributed by atoms with Crippen molar-refractivity contribution in [2.45, 2.75) is 219 Å². The number of carbonyl (C=O) groups is 2. The van der Waals surface area contributed by atoms with Crippen LogP contribution in [0.3, 0.4) is 0 Å². The summed E-state index contributed by atoms with van der Waals surface area (Å²) in [6, 6.07) is 0. The van der Waals surface area contributed by atoms with Crippen molar-refractivity contribution in [2.75, 3.05) is 19.8 Å². The van der Waals surface area contributed by atoms with E-state index in [4.69, 9.17) is 14.2 Å². The van der Waals surface area contributed by atoms with E-state index in [0.717, 1.165) is 141 Å². The number of hydrogen-bond donors (Lipinski definition) is 0. The lowest BCUT2D eigenvalue weighted by molar-refractivity contribution is -0.163. The zero-order chi connectivity index (χ0) is 49.2. The number of carbonyl (C=O) groups excluding carboxylic acids is 2. The summed E-state index contributed by atoms with van der Waals surface area (Å²) < 4.78 is 17.4. The van der Waals surface area contributed by atoms with E-state index in [1.165, 1.54) is 38.5 Å². The van der Waals surface area contributed by atoms with Gasteiger partial charge in [0.15, 0.2) is 6.10 Å². The van der Waals surface area contributed by atoms with E-state index in [1.807, 2.05) is 0 Å². The Kier molecular flexibility index (Phi) is 53.6. The number of esters is 2. The first-order valence-electron chi connectivity index (χ1n) is 27.4. The molecule has 0 amide bonds. The lowest BCUT2D eigenvalue weighted by atomic mass is 10.1. The summed E-state index contributed by atoms with van der Waals surface area (Å²) in [4.78, 5) is 25.5. The lowest BCUT2D eigenvalue weighted by Gasteiger charge is -2.18. The Balaban J connectivity index is 4.48. The molecule has 0 saturated heterocycles. The molecule has 0 rings (SSSR count). The van der Waals surface area contributed by atoms with Gasteiger partial charge >= 0.3 is 11.9 Å². The highest BCUT2D eigenvalue weighted by molar-refractivity contribution is 5.70. The summed E-state index contributed by atoms with van der Waals surface area (Å²) >= 11 is 0. The second-order valence-corrected chi connectivity index (χ2v) is 17.4. The van der Waals surface area contributed by atoms with Crippen molar-refractivity contribution in [1.29, 1.82) is 0 Å². The monoisotopic (exact) mass is 937 g/mol. The predicted molar refractivity (Wildman–Crippen MR) is 297 cm³/mol. The Morgan fingerprint density at radius 3 is 1.10 bits per heavy atom. The van der Waals surface area contributed by atoms with E-state index in [1.54, 1.807) is 0 Å². The van der Waals surface area contributed by atoms with Crippen LogP contribution in [0.5, 0.6) is 0 Å². The quantitative estimate of drug-likeness (QED) is 0.0346. The molecule has 0 aromatic carbocycles. The Hall–Kier alpha value is -4.22. The van der Waals surface area contributed by atoms with Gasteiger partial charge in [0.05, 0.1) is 6.61 Å². The molecule has 0 aliphatic rings. The fraction of sp³-hybridized carbons (Fsp3) is 0.587. The number of rotatable bonds is 48. The second kappa shape index (κ2) is 57.1. The maximum Gasteiger partial charge on any atom is 0.306 e. The summed E-state index contributed by atoms with van der Waals surface area (Å²) in [5, 5.41) is 0. The molecule has 0 radical (unpaired) electrons. The van der Waals surface area contributed by atoms with Crippen LogP contribution in [-0.4, -0.2) is 37.9 Å². The largest absolute Gasteiger partial charge is 0.462 e. The minimum absolute atomic E-state index is 0.0294. The van der Waals surface area contributed by atoms with Crippen molar-refractivity contribution in [3.8, 4) is 0 Å². The van der Waals surface area contributed by atoms with Crippen LogP contribution in [0.25, 0.3) is 0 Å². The van der Waals surface area contributed by atoms with Gasteiger partial charge in [-0.05, 0) is 135 Å². The lowest BCUT2D eigenvalue weighted by Crippen LogP contribution is -2.30. The molecule has 0 bridgehead atoms. The van der Waals surface area contributed by atoms with Crippen molar-refractivity contribution in [1.82, 2.24) is 0 Å². The molecular weight excluding hydrogens is 837 g/mol. The Morgan fingerprint density at radius 2 is 0.676 bits per heavy atom. The van der Waals surface area contributed by atoms with E-state index < -0.39 is 6.10 Å². The van der Waals surface area contributed by atoms with Crippen LogP contribution in [-0.2, 0) is 23.8 Å². The Morgan fingerprint density at radius 1 is 0.338 bits per heavy atom. The van der Waals surface area contributed by atoms with E-state index in [-0.39, 0.29) is 25.2 Å². The molecular formula is C63H100O5. The van der Waals surface area contributed by atoms with Crippen LogP contribution in [0.4, 0.5) is 0 Å².